The van der Waals surface area contributed by atoms with Gasteiger partial charge in [-0.1, -0.05) is 6.07 Å². The van der Waals surface area contributed by atoms with Crippen molar-refractivity contribution in [1.29, 1.82) is 0 Å². The summed E-state index contributed by atoms with van der Waals surface area (Å²) in [5.74, 6) is -1.23. The number of fused-ring (bicyclic) bond motifs is 1. The summed E-state index contributed by atoms with van der Waals surface area (Å²) >= 11 is 0. The summed E-state index contributed by atoms with van der Waals surface area (Å²) in [6, 6.07) is 8.67. The monoisotopic (exact) mass is 480 g/mol. The first-order chi connectivity index (χ1) is 16.2. The molecule has 0 spiro atoms. The van der Waals surface area contributed by atoms with Crippen LogP contribution >= 0.6 is 0 Å². The number of hydrogen-bond donors (Lipinski definition) is 2. The van der Waals surface area contributed by atoms with Crippen molar-refractivity contribution in [1.82, 2.24) is 9.55 Å². The smallest absolute Gasteiger partial charge is 0.393 e. The maximum atomic E-state index is 14.1. The second kappa shape index (κ2) is 9.39. The molecule has 1 aliphatic heterocycles. The Morgan fingerprint density at radius 3 is 2.74 bits per heavy atom. The van der Waals surface area contributed by atoms with Crippen molar-refractivity contribution < 1.29 is 37.0 Å². The summed E-state index contributed by atoms with van der Waals surface area (Å²) in [5.41, 5.74) is 0.00546. The number of halogens is 4. The van der Waals surface area contributed by atoms with E-state index in [0.717, 1.165) is 12.1 Å². The zero-order valence-corrected chi connectivity index (χ0v) is 17.7. The van der Waals surface area contributed by atoms with E-state index in [0.29, 0.717) is 35.9 Å². The molecule has 1 unspecified atom stereocenters. The summed E-state index contributed by atoms with van der Waals surface area (Å²) in [5, 5.41) is 11.6. The van der Waals surface area contributed by atoms with E-state index in [4.69, 9.17) is 9.84 Å². The maximum Gasteiger partial charge on any atom is 0.416 e. The summed E-state index contributed by atoms with van der Waals surface area (Å²) in [6.45, 7) is -0.509. The van der Waals surface area contributed by atoms with E-state index >= 15 is 0 Å². The average molecular weight is 480 g/mol. The number of rotatable bonds is 6. The topological polar surface area (TPSA) is 96.7 Å². The molecule has 0 aliphatic carbocycles. The number of hydrogen-bond acceptors (Lipinski definition) is 5. The van der Waals surface area contributed by atoms with E-state index in [1.54, 1.807) is 18.2 Å². The van der Waals surface area contributed by atoms with Crippen LogP contribution in [0.3, 0.4) is 0 Å². The van der Waals surface area contributed by atoms with Crippen LogP contribution in [-0.2, 0) is 22.3 Å². The summed E-state index contributed by atoms with van der Waals surface area (Å²) in [4.78, 5) is 30.7. The summed E-state index contributed by atoms with van der Waals surface area (Å²) < 4.78 is 59.5. The first kappa shape index (κ1) is 23.6. The molecule has 3 aromatic rings. The highest BCUT2D eigenvalue weighted by Gasteiger charge is 2.31. The fraction of sp³-hybridized carbons (Fsp3) is 0.318. The number of aliphatic hydroxyl groups excluding tert-OH is 1. The summed E-state index contributed by atoms with van der Waals surface area (Å²) in [6.07, 6.45) is -6.30. The van der Waals surface area contributed by atoms with Gasteiger partial charge in [0.25, 0.3) is 11.8 Å². The van der Waals surface area contributed by atoms with Gasteiger partial charge in [-0.2, -0.15) is 13.2 Å². The van der Waals surface area contributed by atoms with Crippen molar-refractivity contribution in [2.75, 3.05) is 36.6 Å². The van der Waals surface area contributed by atoms with Crippen LogP contribution in [0.15, 0.2) is 42.5 Å². The quantitative estimate of drug-likeness (QED) is 0.529. The molecule has 0 saturated carbocycles. The number of alkyl halides is 4. The zero-order valence-electron chi connectivity index (χ0n) is 17.7. The average Bonchev–Trinajstić information content (AvgIpc) is 3.14. The lowest BCUT2D eigenvalue weighted by Gasteiger charge is -2.26. The van der Waals surface area contributed by atoms with Gasteiger partial charge in [-0.15, -0.1) is 0 Å². The number of aromatic nitrogens is 2. The van der Waals surface area contributed by atoms with Gasteiger partial charge < -0.3 is 19.3 Å². The van der Waals surface area contributed by atoms with E-state index in [1.807, 2.05) is 0 Å². The van der Waals surface area contributed by atoms with Gasteiger partial charge in [0.05, 0.1) is 36.4 Å². The maximum absolute atomic E-state index is 14.1. The van der Waals surface area contributed by atoms with Crippen LogP contribution in [0.25, 0.3) is 11.0 Å². The third-order valence-corrected chi connectivity index (χ3v) is 5.29. The number of carbonyl (C=O) groups excluding carboxylic acids is 2. The van der Waals surface area contributed by atoms with Crippen LogP contribution in [-0.4, -0.2) is 59.0 Å². The molecule has 2 N–H and O–H groups in total. The number of benzene rings is 2. The number of ether oxygens (including phenoxy) is 1. The number of carbonyl (C=O) groups is 2. The lowest BCUT2D eigenvalue weighted by atomic mass is 10.1. The van der Waals surface area contributed by atoms with Crippen molar-refractivity contribution in [3.05, 3.63) is 53.6 Å². The molecule has 1 aliphatic rings. The molecule has 2 heterocycles. The van der Waals surface area contributed by atoms with Gasteiger partial charge in [-0.05, 0) is 36.4 Å². The minimum absolute atomic E-state index is 0.0647. The van der Waals surface area contributed by atoms with Gasteiger partial charge >= 0.3 is 6.18 Å². The molecule has 1 aromatic heterocycles. The molecule has 34 heavy (non-hydrogen) atoms. The van der Waals surface area contributed by atoms with Crippen LogP contribution in [0.5, 0.6) is 0 Å². The molecule has 12 heteroatoms. The van der Waals surface area contributed by atoms with Gasteiger partial charge in [-0.25, -0.2) is 9.37 Å². The van der Waals surface area contributed by atoms with E-state index in [1.165, 1.54) is 15.5 Å². The van der Waals surface area contributed by atoms with Crippen LogP contribution in [0.1, 0.15) is 15.9 Å². The molecule has 1 fully saturated rings. The SMILES string of the molecule is O=C(Nc1nc2cc(N3CCOCC3=O)ccc2n1CC(F)CO)c1cccc(C(F)(F)F)c1. The zero-order chi connectivity index (χ0) is 24.5. The number of nitrogens with one attached hydrogen (secondary N) is 1. The van der Waals surface area contributed by atoms with Gasteiger partial charge in [0.2, 0.25) is 5.95 Å². The van der Waals surface area contributed by atoms with E-state index in [-0.39, 0.29) is 30.6 Å². The molecule has 2 aromatic carbocycles. The Balaban J connectivity index is 1.69. The Bertz CT molecular complexity index is 1230. The Kier molecular flexibility index (Phi) is 6.53. The highest BCUT2D eigenvalue weighted by Crippen LogP contribution is 2.30. The van der Waals surface area contributed by atoms with Crippen LogP contribution < -0.4 is 10.2 Å². The van der Waals surface area contributed by atoms with Crippen molar-refractivity contribution in [3.63, 3.8) is 0 Å². The first-order valence-electron chi connectivity index (χ1n) is 10.3. The minimum atomic E-state index is -4.63. The molecule has 1 atom stereocenters. The summed E-state index contributed by atoms with van der Waals surface area (Å²) in [7, 11) is 0. The Labute approximate surface area is 190 Å². The molecule has 180 valence electrons. The van der Waals surface area contributed by atoms with Crippen LogP contribution in [0, 0.1) is 0 Å². The van der Waals surface area contributed by atoms with Crippen molar-refractivity contribution >= 4 is 34.5 Å². The Hall–Kier alpha value is -3.51. The highest BCUT2D eigenvalue weighted by atomic mass is 19.4. The second-order valence-electron chi connectivity index (χ2n) is 7.63. The predicted octanol–water partition coefficient (Wildman–Crippen LogP) is 3.00. The van der Waals surface area contributed by atoms with E-state index < -0.39 is 30.4 Å². The van der Waals surface area contributed by atoms with Crippen molar-refractivity contribution in [2.24, 2.45) is 0 Å². The lowest BCUT2D eigenvalue weighted by molar-refractivity contribution is -0.137. The molecule has 4 rings (SSSR count). The molecule has 2 amide bonds. The number of nitrogens with zero attached hydrogens (tertiary/aromatic N) is 3. The fourth-order valence-corrected chi connectivity index (χ4v) is 3.62. The van der Waals surface area contributed by atoms with Gasteiger partial charge in [0.15, 0.2) is 0 Å². The van der Waals surface area contributed by atoms with E-state index in [2.05, 4.69) is 10.3 Å². The molecule has 1 saturated heterocycles. The molecule has 0 bridgehead atoms. The highest BCUT2D eigenvalue weighted by molar-refractivity contribution is 6.04. The standard InChI is InChI=1S/C22H20F4N4O4/c23-15(11-31)10-30-18-5-4-16(29-6-7-34-12-19(29)32)9-17(18)27-21(30)28-20(33)13-2-1-3-14(8-13)22(24,25)26/h1-5,8-9,15,31H,6-7,10-12H2,(H,27,28,33). The van der Waals surface area contributed by atoms with Gasteiger partial charge in [0.1, 0.15) is 12.8 Å². The third-order valence-electron chi connectivity index (χ3n) is 5.29. The van der Waals surface area contributed by atoms with E-state index in [9.17, 15) is 27.2 Å². The molecule has 0 radical (unpaired) electrons. The number of aliphatic hydroxyl groups is 1. The largest absolute Gasteiger partial charge is 0.416 e. The lowest BCUT2D eigenvalue weighted by Crippen LogP contribution is -2.41. The van der Waals surface area contributed by atoms with Crippen molar-refractivity contribution in [2.45, 2.75) is 18.9 Å². The van der Waals surface area contributed by atoms with Crippen LogP contribution in [0.2, 0.25) is 0 Å². The van der Waals surface area contributed by atoms with Crippen molar-refractivity contribution in [3.8, 4) is 0 Å². The number of imidazole rings is 1. The third kappa shape index (κ3) is 4.87. The number of anilines is 2. The Morgan fingerprint density at radius 1 is 1.24 bits per heavy atom. The fourth-order valence-electron chi connectivity index (χ4n) is 3.62. The normalized spacial score (nSPS) is 15.6. The van der Waals surface area contributed by atoms with Crippen LogP contribution in [0.4, 0.5) is 29.2 Å². The molecular weight excluding hydrogens is 460 g/mol. The Morgan fingerprint density at radius 2 is 2.03 bits per heavy atom. The predicted molar refractivity (Wildman–Crippen MR) is 114 cm³/mol. The molecular formula is C22H20F4N4O4. The van der Waals surface area contributed by atoms with Gasteiger partial charge in [0, 0.05) is 17.8 Å². The molecule has 8 nitrogen and oxygen atoms in total. The second-order valence-corrected chi connectivity index (χ2v) is 7.63. The number of morpholine rings is 1. The minimum Gasteiger partial charge on any atom is -0.393 e. The number of amides is 2. The van der Waals surface area contributed by atoms with Gasteiger partial charge in [-0.3, -0.25) is 14.9 Å². The first-order valence-corrected chi connectivity index (χ1v) is 10.3.